The number of nitrogens with zero attached hydrogens (tertiary/aromatic N) is 3. The number of hydrogen-bond acceptors (Lipinski definition) is 3. The van der Waals surface area contributed by atoms with Crippen molar-refractivity contribution in [1.82, 2.24) is 19.9 Å². The SMILES string of the molecule is O=C(NCc1ccncc1)c1cn(Cc2ccc(Cl)cc2)c2ncccc12. The van der Waals surface area contributed by atoms with Crippen molar-refractivity contribution < 1.29 is 4.79 Å². The van der Waals surface area contributed by atoms with Gasteiger partial charge >= 0.3 is 0 Å². The topological polar surface area (TPSA) is 59.8 Å². The summed E-state index contributed by atoms with van der Waals surface area (Å²) in [6.07, 6.45) is 7.01. The van der Waals surface area contributed by atoms with E-state index >= 15 is 0 Å². The zero-order valence-corrected chi connectivity index (χ0v) is 15.2. The number of nitrogens with one attached hydrogen (secondary N) is 1. The van der Waals surface area contributed by atoms with Crippen molar-refractivity contribution in [2.45, 2.75) is 13.1 Å². The van der Waals surface area contributed by atoms with E-state index in [9.17, 15) is 4.79 Å². The van der Waals surface area contributed by atoms with E-state index in [4.69, 9.17) is 11.6 Å². The lowest BCUT2D eigenvalue weighted by Gasteiger charge is -2.05. The van der Waals surface area contributed by atoms with Crippen molar-refractivity contribution in [2.24, 2.45) is 0 Å². The molecular formula is C21H17ClN4O. The summed E-state index contributed by atoms with van der Waals surface area (Å²) in [6.45, 7) is 1.06. The minimum Gasteiger partial charge on any atom is -0.348 e. The van der Waals surface area contributed by atoms with Gasteiger partial charge in [-0.15, -0.1) is 0 Å². The number of hydrogen-bond donors (Lipinski definition) is 1. The molecule has 0 aliphatic carbocycles. The van der Waals surface area contributed by atoms with E-state index in [1.54, 1.807) is 18.6 Å². The van der Waals surface area contributed by atoms with Crippen LogP contribution < -0.4 is 5.32 Å². The molecule has 0 atom stereocenters. The Morgan fingerprint density at radius 2 is 1.78 bits per heavy atom. The standard InChI is InChI=1S/C21H17ClN4O/c22-17-5-3-16(4-6-17)13-26-14-19(18-2-1-9-24-20(18)26)21(27)25-12-15-7-10-23-11-8-15/h1-11,14H,12-13H2,(H,25,27). The molecule has 0 radical (unpaired) electrons. The van der Waals surface area contributed by atoms with E-state index in [2.05, 4.69) is 15.3 Å². The highest BCUT2D eigenvalue weighted by molar-refractivity contribution is 6.30. The number of pyridine rings is 2. The van der Waals surface area contributed by atoms with E-state index in [-0.39, 0.29) is 5.91 Å². The molecular weight excluding hydrogens is 360 g/mol. The third kappa shape index (κ3) is 3.83. The van der Waals surface area contributed by atoms with Crippen LogP contribution in [0.4, 0.5) is 0 Å². The summed E-state index contributed by atoms with van der Waals surface area (Å²) in [7, 11) is 0. The third-order valence-electron chi connectivity index (χ3n) is 4.35. The molecule has 6 heteroatoms. The second-order valence-corrected chi connectivity index (χ2v) is 6.65. The van der Waals surface area contributed by atoms with Crippen molar-refractivity contribution in [3.8, 4) is 0 Å². The Morgan fingerprint density at radius 3 is 2.56 bits per heavy atom. The maximum absolute atomic E-state index is 12.8. The fraction of sp³-hybridized carbons (Fsp3) is 0.0952. The number of carbonyl (C=O) groups excluding carboxylic acids is 1. The van der Waals surface area contributed by atoms with Crippen molar-refractivity contribution >= 4 is 28.5 Å². The predicted molar refractivity (Wildman–Crippen MR) is 106 cm³/mol. The zero-order chi connectivity index (χ0) is 18.6. The quantitative estimate of drug-likeness (QED) is 0.571. The van der Waals surface area contributed by atoms with Crippen LogP contribution in [0.25, 0.3) is 11.0 Å². The van der Waals surface area contributed by atoms with Gasteiger partial charge in [-0.05, 0) is 47.5 Å². The van der Waals surface area contributed by atoms with Crippen LogP contribution in [0.15, 0.2) is 73.3 Å². The molecule has 1 amide bonds. The highest BCUT2D eigenvalue weighted by Crippen LogP contribution is 2.21. The van der Waals surface area contributed by atoms with Crippen LogP contribution in [0.2, 0.25) is 5.02 Å². The lowest BCUT2D eigenvalue weighted by molar-refractivity contribution is 0.0952. The zero-order valence-electron chi connectivity index (χ0n) is 14.5. The Bertz CT molecular complexity index is 1070. The summed E-state index contributed by atoms with van der Waals surface area (Å²) in [5.74, 6) is -0.125. The molecule has 0 bridgehead atoms. The van der Waals surface area contributed by atoms with Gasteiger partial charge in [0.2, 0.25) is 0 Å². The van der Waals surface area contributed by atoms with E-state index in [0.29, 0.717) is 23.7 Å². The van der Waals surface area contributed by atoms with E-state index in [0.717, 1.165) is 22.2 Å². The van der Waals surface area contributed by atoms with E-state index in [1.807, 2.05) is 59.3 Å². The van der Waals surface area contributed by atoms with Gasteiger partial charge in [0.05, 0.1) is 5.56 Å². The van der Waals surface area contributed by atoms with Gasteiger partial charge < -0.3 is 9.88 Å². The minimum atomic E-state index is -0.125. The maximum Gasteiger partial charge on any atom is 0.253 e. The first-order chi connectivity index (χ1) is 13.2. The summed E-state index contributed by atoms with van der Waals surface area (Å²) in [5, 5.41) is 4.50. The molecule has 5 nitrogen and oxygen atoms in total. The van der Waals surface area contributed by atoms with Crippen LogP contribution in [0.5, 0.6) is 0 Å². The number of carbonyl (C=O) groups is 1. The first-order valence-corrected chi connectivity index (χ1v) is 8.94. The van der Waals surface area contributed by atoms with Crippen molar-refractivity contribution in [1.29, 1.82) is 0 Å². The monoisotopic (exact) mass is 376 g/mol. The van der Waals surface area contributed by atoms with E-state index < -0.39 is 0 Å². The molecule has 0 spiro atoms. The molecule has 0 saturated carbocycles. The number of benzene rings is 1. The second-order valence-electron chi connectivity index (χ2n) is 6.21. The number of fused-ring (bicyclic) bond motifs is 1. The van der Waals surface area contributed by atoms with Crippen LogP contribution >= 0.6 is 11.6 Å². The van der Waals surface area contributed by atoms with Gasteiger partial charge in [0, 0.05) is 48.3 Å². The molecule has 0 fully saturated rings. The molecule has 4 aromatic rings. The molecule has 3 aromatic heterocycles. The summed E-state index contributed by atoms with van der Waals surface area (Å²) in [5.41, 5.74) is 3.48. The first kappa shape index (κ1) is 17.2. The molecule has 0 saturated heterocycles. The van der Waals surface area contributed by atoms with Gasteiger partial charge in [0.25, 0.3) is 5.91 Å². The molecule has 0 unspecified atom stereocenters. The maximum atomic E-state index is 12.8. The van der Waals surface area contributed by atoms with Gasteiger partial charge in [0.15, 0.2) is 0 Å². The van der Waals surface area contributed by atoms with Crippen molar-refractivity contribution in [3.63, 3.8) is 0 Å². The van der Waals surface area contributed by atoms with Crippen LogP contribution in [-0.2, 0) is 13.1 Å². The highest BCUT2D eigenvalue weighted by atomic mass is 35.5. The Kier molecular flexibility index (Phi) is 4.85. The summed E-state index contributed by atoms with van der Waals surface area (Å²) in [4.78, 5) is 21.2. The predicted octanol–water partition coefficient (Wildman–Crippen LogP) is 4.06. The summed E-state index contributed by atoms with van der Waals surface area (Å²) in [6, 6.07) is 15.2. The summed E-state index contributed by atoms with van der Waals surface area (Å²) >= 11 is 5.96. The average molecular weight is 377 g/mol. The number of amides is 1. The molecule has 134 valence electrons. The van der Waals surface area contributed by atoms with Crippen molar-refractivity contribution in [2.75, 3.05) is 0 Å². The number of aromatic nitrogens is 3. The fourth-order valence-electron chi connectivity index (χ4n) is 2.99. The molecule has 1 N–H and O–H groups in total. The Hall–Kier alpha value is -3.18. The van der Waals surface area contributed by atoms with Crippen LogP contribution in [0, 0.1) is 0 Å². The van der Waals surface area contributed by atoms with Crippen molar-refractivity contribution in [3.05, 3.63) is 95.0 Å². The molecule has 1 aromatic carbocycles. The molecule has 3 heterocycles. The number of rotatable bonds is 5. The normalized spacial score (nSPS) is 10.9. The van der Waals surface area contributed by atoms with Crippen LogP contribution in [-0.4, -0.2) is 20.4 Å². The van der Waals surface area contributed by atoms with E-state index in [1.165, 1.54) is 0 Å². The minimum absolute atomic E-state index is 0.125. The molecule has 0 aliphatic rings. The Labute approximate surface area is 161 Å². The lowest BCUT2D eigenvalue weighted by Crippen LogP contribution is -2.22. The molecule has 4 rings (SSSR count). The highest BCUT2D eigenvalue weighted by Gasteiger charge is 2.15. The molecule has 27 heavy (non-hydrogen) atoms. The largest absolute Gasteiger partial charge is 0.348 e. The average Bonchev–Trinajstić information content (AvgIpc) is 3.07. The lowest BCUT2D eigenvalue weighted by atomic mass is 10.2. The number of halogens is 1. The second kappa shape index (κ2) is 7.60. The van der Waals surface area contributed by atoms with Gasteiger partial charge in [-0.1, -0.05) is 23.7 Å². The van der Waals surface area contributed by atoms with Gasteiger partial charge in [-0.25, -0.2) is 4.98 Å². The smallest absolute Gasteiger partial charge is 0.253 e. The van der Waals surface area contributed by atoms with Gasteiger partial charge in [-0.3, -0.25) is 9.78 Å². The van der Waals surface area contributed by atoms with Gasteiger partial charge in [0.1, 0.15) is 5.65 Å². The summed E-state index contributed by atoms with van der Waals surface area (Å²) < 4.78 is 1.99. The molecule has 0 aliphatic heterocycles. The van der Waals surface area contributed by atoms with Gasteiger partial charge in [-0.2, -0.15) is 0 Å². The third-order valence-corrected chi connectivity index (χ3v) is 4.60. The fourth-order valence-corrected chi connectivity index (χ4v) is 3.11. The Morgan fingerprint density at radius 1 is 1.00 bits per heavy atom. The Balaban J connectivity index is 1.61. The van der Waals surface area contributed by atoms with Crippen LogP contribution in [0.1, 0.15) is 21.5 Å². The first-order valence-electron chi connectivity index (χ1n) is 8.56. The van der Waals surface area contributed by atoms with Crippen LogP contribution in [0.3, 0.4) is 0 Å².